The smallest absolute Gasteiger partial charge is 0.197 e. The molecule has 0 aromatic heterocycles. The number of hydroxylamine groups is 1. The lowest BCUT2D eigenvalue weighted by Crippen LogP contribution is -2.04. The second kappa shape index (κ2) is 1.80. The fraction of sp³-hybridized carbons (Fsp3) is 0.750. The molecule has 0 heterocycles. The fourth-order valence-corrected chi connectivity index (χ4v) is 0. The van der Waals surface area contributed by atoms with Gasteiger partial charge < -0.3 is 0 Å². The monoisotopic (exact) mass is 88.1 g/mol. The predicted molar refractivity (Wildman–Crippen MR) is 24.3 cm³/mol. The lowest BCUT2D eigenvalue weighted by atomic mass is 10.5. The van der Waals surface area contributed by atoms with Gasteiger partial charge in [0.1, 0.15) is 0 Å². The highest BCUT2D eigenvalue weighted by Gasteiger charge is 1.87. The molecule has 0 saturated carbocycles. The summed E-state index contributed by atoms with van der Waals surface area (Å²) < 4.78 is 1.08. The highest BCUT2D eigenvalue weighted by atomic mass is 16.5. The van der Waals surface area contributed by atoms with E-state index in [0.717, 1.165) is 10.5 Å². The maximum atomic E-state index is 8.43. The summed E-state index contributed by atoms with van der Waals surface area (Å²) in [4.78, 5) is 0. The molecule has 0 radical (unpaired) electrons. The molecule has 0 aliphatic heterocycles. The molecule has 0 aromatic carbocycles. The van der Waals surface area contributed by atoms with E-state index in [1.807, 2.05) is 13.8 Å². The molecule has 0 amide bonds. The quantitative estimate of drug-likeness (QED) is 0.198. The van der Waals surface area contributed by atoms with Crippen LogP contribution in [0.15, 0.2) is 0 Å². The average Bonchev–Trinajstić information content (AvgIpc) is 1.36. The van der Waals surface area contributed by atoms with Gasteiger partial charge in [-0.15, -0.1) is 0 Å². The Balaban J connectivity index is 3.68. The highest BCUT2D eigenvalue weighted by molar-refractivity contribution is 5.73. The van der Waals surface area contributed by atoms with Crippen LogP contribution >= 0.6 is 0 Å². The molecule has 1 N–H and O–H groups in total. The third-order valence-electron chi connectivity index (χ3n) is 0.647. The van der Waals surface area contributed by atoms with Crippen LogP contribution in [0.4, 0.5) is 0 Å². The fourth-order valence-electron chi connectivity index (χ4n) is 0. The van der Waals surface area contributed by atoms with E-state index in [4.69, 9.17) is 5.21 Å². The maximum absolute atomic E-state index is 8.43. The Bertz CT molecular complexity index is 57.6. The molecule has 2 heteroatoms. The Kier molecular flexibility index (Phi) is 1.64. The van der Waals surface area contributed by atoms with E-state index in [-0.39, 0.29) is 0 Å². The third-order valence-corrected chi connectivity index (χ3v) is 0.647. The van der Waals surface area contributed by atoms with E-state index in [1.165, 1.54) is 0 Å². The molecule has 0 spiro atoms. The predicted octanol–water partition coefficient (Wildman–Crippen LogP) is 0.499. The van der Waals surface area contributed by atoms with Crippen LogP contribution in [0.3, 0.4) is 0 Å². The number of rotatable bonds is 0. The van der Waals surface area contributed by atoms with E-state index < -0.39 is 0 Å². The van der Waals surface area contributed by atoms with Gasteiger partial charge in [-0.2, -0.15) is 0 Å². The van der Waals surface area contributed by atoms with Crippen LogP contribution in [0.25, 0.3) is 0 Å². The first-order chi connectivity index (χ1) is 2.64. The van der Waals surface area contributed by atoms with Gasteiger partial charge in [0.15, 0.2) is 12.8 Å². The third kappa shape index (κ3) is 1.76. The van der Waals surface area contributed by atoms with Crippen LogP contribution in [0.5, 0.6) is 0 Å². The Labute approximate surface area is 37.7 Å². The van der Waals surface area contributed by atoms with Crippen molar-refractivity contribution >= 4 is 5.71 Å². The van der Waals surface area contributed by atoms with Crippen molar-refractivity contribution in [2.24, 2.45) is 0 Å². The minimum atomic E-state index is 0.898. The van der Waals surface area contributed by atoms with Gasteiger partial charge in [0.2, 0.25) is 0 Å². The minimum absolute atomic E-state index is 0.898. The molecule has 0 saturated heterocycles. The van der Waals surface area contributed by atoms with Gasteiger partial charge in [0, 0.05) is 13.8 Å². The van der Waals surface area contributed by atoms with Crippen molar-refractivity contribution in [3.63, 3.8) is 0 Å². The minimum Gasteiger partial charge on any atom is -0.291 e. The molecule has 0 aliphatic carbocycles. The molecule has 0 fully saturated rings. The van der Waals surface area contributed by atoms with Gasteiger partial charge in [-0.25, -0.2) is 0 Å². The summed E-state index contributed by atoms with van der Waals surface area (Å²) >= 11 is 0. The zero-order valence-corrected chi connectivity index (χ0v) is 4.39. The molecule has 36 valence electrons. The summed E-state index contributed by atoms with van der Waals surface area (Å²) in [5, 5.41) is 8.43. The summed E-state index contributed by atoms with van der Waals surface area (Å²) in [5.74, 6) is 0. The molecule has 0 bridgehead atoms. The van der Waals surface area contributed by atoms with E-state index >= 15 is 0 Å². The first kappa shape index (κ1) is 5.47. The lowest BCUT2D eigenvalue weighted by molar-refractivity contribution is -0.755. The molecular weight excluding hydrogens is 78.0 g/mol. The largest absolute Gasteiger partial charge is 0.291 e. The number of nitrogens with zero attached hydrogens (tertiary/aromatic N) is 1. The zero-order valence-electron chi connectivity index (χ0n) is 4.39. The van der Waals surface area contributed by atoms with Crippen molar-refractivity contribution in [1.29, 1.82) is 0 Å². The standard InChI is InChI=1S/C4H10NO/c1-4(2)5(3)6/h6H,1-3H3/q+1. The Hall–Kier alpha value is -0.530. The van der Waals surface area contributed by atoms with E-state index in [9.17, 15) is 0 Å². The zero-order chi connectivity index (χ0) is 5.15. The first-order valence-electron chi connectivity index (χ1n) is 1.87. The summed E-state index contributed by atoms with van der Waals surface area (Å²) in [6, 6.07) is 0. The normalized spacial score (nSPS) is 7.83. The van der Waals surface area contributed by atoms with Crippen molar-refractivity contribution in [2.75, 3.05) is 7.05 Å². The van der Waals surface area contributed by atoms with Crippen molar-refractivity contribution in [3.05, 3.63) is 0 Å². The summed E-state index contributed by atoms with van der Waals surface area (Å²) in [5.41, 5.74) is 0.898. The SMILES string of the molecule is CC(C)=[N+](C)O. The summed E-state index contributed by atoms with van der Waals surface area (Å²) in [6.07, 6.45) is 0. The first-order valence-corrected chi connectivity index (χ1v) is 1.87. The summed E-state index contributed by atoms with van der Waals surface area (Å²) in [7, 11) is 1.59. The van der Waals surface area contributed by atoms with E-state index in [0.29, 0.717) is 0 Å². The van der Waals surface area contributed by atoms with Crippen LogP contribution in [0.2, 0.25) is 0 Å². The van der Waals surface area contributed by atoms with Crippen LogP contribution in [0.1, 0.15) is 13.8 Å². The van der Waals surface area contributed by atoms with Crippen LogP contribution in [-0.2, 0) is 0 Å². The maximum Gasteiger partial charge on any atom is 0.197 e. The van der Waals surface area contributed by atoms with Crippen molar-refractivity contribution in [3.8, 4) is 0 Å². The Morgan fingerprint density at radius 3 is 1.67 bits per heavy atom. The number of hydrogen-bond donors (Lipinski definition) is 1. The van der Waals surface area contributed by atoms with Crippen molar-refractivity contribution in [1.82, 2.24) is 0 Å². The van der Waals surface area contributed by atoms with Crippen LogP contribution < -0.4 is 0 Å². The highest BCUT2D eigenvalue weighted by Crippen LogP contribution is 1.63. The molecule has 0 aromatic rings. The molecule has 0 atom stereocenters. The Morgan fingerprint density at radius 1 is 1.50 bits per heavy atom. The molecule has 0 unspecified atom stereocenters. The second-order valence-corrected chi connectivity index (χ2v) is 1.47. The van der Waals surface area contributed by atoms with Crippen LogP contribution in [-0.4, -0.2) is 22.7 Å². The lowest BCUT2D eigenvalue weighted by Gasteiger charge is -1.78. The van der Waals surface area contributed by atoms with Gasteiger partial charge >= 0.3 is 0 Å². The van der Waals surface area contributed by atoms with Gasteiger partial charge in [-0.05, 0) is 4.74 Å². The van der Waals surface area contributed by atoms with Crippen molar-refractivity contribution < 1.29 is 9.95 Å². The average molecular weight is 88.1 g/mol. The van der Waals surface area contributed by atoms with Gasteiger partial charge in [-0.1, -0.05) is 0 Å². The molecular formula is C4H10NO+. The topological polar surface area (TPSA) is 23.2 Å². The van der Waals surface area contributed by atoms with Gasteiger partial charge in [0.25, 0.3) is 0 Å². The molecule has 2 nitrogen and oxygen atoms in total. The van der Waals surface area contributed by atoms with Crippen LogP contribution in [0, 0.1) is 0 Å². The van der Waals surface area contributed by atoms with Crippen molar-refractivity contribution in [2.45, 2.75) is 13.8 Å². The molecule has 0 aliphatic rings. The number of hydrogen-bond acceptors (Lipinski definition) is 1. The van der Waals surface area contributed by atoms with Gasteiger partial charge in [-0.3, -0.25) is 5.21 Å². The summed E-state index contributed by atoms with van der Waals surface area (Å²) in [6.45, 7) is 3.67. The molecule has 6 heavy (non-hydrogen) atoms. The second-order valence-electron chi connectivity index (χ2n) is 1.47. The molecule has 0 rings (SSSR count). The Morgan fingerprint density at radius 2 is 1.67 bits per heavy atom. The van der Waals surface area contributed by atoms with E-state index in [2.05, 4.69) is 0 Å². The van der Waals surface area contributed by atoms with Gasteiger partial charge in [0.05, 0.1) is 0 Å². The van der Waals surface area contributed by atoms with E-state index in [1.54, 1.807) is 7.05 Å².